The second-order valence-corrected chi connectivity index (χ2v) is 12.5. The molecule has 2 atom stereocenters. The van der Waals surface area contributed by atoms with Gasteiger partial charge in [0.15, 0.2) is 0 Å². The molecule has 0 heterocycles. The van der Waals surface area contributed by atoms with Crippen molar-refractivity contribution in [3.05, 3.63) is 57.2 Å². The van der Waals surface area contributed by atoms with E-state index in [0.717, 1.165) is 29.7 Å². The molecule has 1 aliphatic carbocycles. The van der Waals surface area contributed by atoms with Gasteiger partial charge in [0.05, 0.1) is 92.5 Å². The normalized spacial score (nSPS) is 15.7. The van der Waals surface area contributed by atoms with E-state index in [2.05, 4.69) is 11.4 Å². The lowest BCUT2D eigenvalue weighted by molar-refractivity contribution is -0.757. The lowest BCUT2D eigenvalue weighted by Gasteiger charge is -2.32. The zero-order chi connectivity index (χ0) is 40.5. The fraction of sp³-hybridized carbons (Fsp3) is 0.676. The number of phenolic OH excluding ortho intramolecular Hbond substituents is 1. The highest BCUT2D eigenvalue weighted by Gasteiger charge is 2.44. The van der Waals surface area contributed by atoms with Crippen LogP contribution in [0.15, 0.2) is 35.9 Å². The SMILES string of the molecule is C=C(C)[C@@H]1CCC(C)=C[C@H]1c1c(O)cc(C(F)(F)C(=O)OCCCCO[N+](=O)[O-])cc1OC(=O)COCCOCCOCCOCCOCCOCCOC. The van der Waals surface area contributed by atoms with Gasteiger partial charge in [-0.3, -0.25) is 0 Å². The Bertz CT molecular complexity index is 1360. The van der Waals surface area contributed by atoms with Crippen LogP contribution in [0.2, 0.25) is 0 Å². The number of nitrogens with zero attached hydrogens (tertiary/aromatic N) is 1. The quantitative estimate of drug-likeness (QED) is 0.0272. The van der Waals surface area contributed by atoms with Crippen LogP contribution in [0.4, 0.5) is 8.78 Å². The summed E-state index contributed by atoms with van der Waals surface area (Å²) in [5.74, 6) is -8.85. The Labute approximate surface area is 320 Å². The Morgan fingerprint density at radius 1 is 0.873 bits per heavy atom. The molecule has 0 radical (unpaired) electrons. The fourth-order valence-corrected chi connectivity index (χ4v) is 5.38. The van der Waals surface area contributed by atoms with Gasteiger partial charge < -0.3 is 52.6 Å². The summed E-state index contributed by atoms with van der Waals surface area (Å²) < 4.78 is 78.2. The Morgan fingerprint density at radius 2 is 1.40 bits per heavy atom. The molecule has 1 N–H and O–H groups in total. The molecule has 312 valence electrons. The Hall–Kier alpha value is -3.78. The molecule has 0 fully saturated rings. The molecule has 2 rings (SSSR count). The molecular formula is C37H55F2NO15. The van der Waals surface area contributed by atoms with E-state index in [4.69, 9.17) is 42.6 Å². The first-order valence-corrected chi connectivity index (χ1v) is 18.1. The summed E-state index contributed by atoms with van der Waals surface area (Å²) in [7, 11) is 1.61. The summed E-state index contributed by atoms with van der Waals surface area (Å²) in [6, 6.07) is 1.58. The molecule has 18 heteroatoms. The number of aromatic hydroxyl groups is 1. The molecule has 1 aromatic rings. The first kappa shape index (κ1) is 47.4. The number of ether oxygens (including phenoxy) is 9. The minimum absolute atomic E-state index is 0.0120. The zero-order valence-electron chi connectivity index (χ0n) is 31.9. The summed E-state index contributed by atoms with van der Waals surface area (Å²) in [4.78, 5) is 39.7. The van der Waals surface area contributed by atoms with Crippen molar-refractivity contribution in [2.45, 2.75) is 51.4 Å². The van der Waals surface area contributed by atoms with Gasteiger partial charge in [0.1, 0.15) is 18.1 Å². The molecule has 0 aliphatic heterocycles. The minimum atomic E-state index is -4.25. The fourth-order valence-electron chi connectivity index (χ4n) is 5.38. The van der Waals surface area contributed by atoms with Crippen molar-refractivity contribution in [3.8, 4) is 11.5 Å². The van der Waals surface area contributed by atoms with Crippen molar-refractivity contribution in [2.75, 3.05) is 106 Å². The summed E-state index contributed by atoms with van der Waals surface area (Å²) in [6.07, 6.45) is 3.39. The van der Waals surface area contributed by atoms with Crippen LogP contribution in [-0.4, -0.2) is 128 Å². The van der Waals surface area contributed by atoms with Gasteiger partial charge in [0.2, 0.25) is 0 Å². The van der Waals surface area contributed by atoms with E-state index in [1.54, 1.807) is 7.11 Å². The third kappa shape index (κ3) is 18.6. The molecule has 0 bridgehead atoms. The van der Waals surface area contributed by atoms with Crippen LogP contribution < -0.4 is 4.74 Å². The highest BCUT2D eigenvalue weighted by Crippen LogP contribution is 2.48. The number of allylic oxidation sites excluding steroid dienone is 3. The summed E-state index contributed by atoms with van der Waals surface area (Å²) in [6.45, 7) is 10.8. The molecule has 0 unspecified atom stereocenters. The lowest BCUT2D eigenvalue weighted by Crippen LogP contribution is -2.29. The maximum atomic E-state index is 15.4. The Morgan fingerprint density at radius 3 is 1.93 bits per heavy atom. The van der Waals surface area contributed by atoms with Gasteiger partial charge in [-0.2, -0.15) is 8.78 Å². The summed E-state index contributed by atoms with van der Waals surface area (Å²) in [5.41, 5.74) is 0.891. The molecule has 1 aromatic carbocycles. The molecule has 0 aromatic heterocycles. The molecule has 0 spiro atoms. The second-order valence-electron chi connectivity index (χ2n) is 12.5. The monoisotopic (exact) mass is 791 g/mol. The van der Waals surface area contributed by atoms with E-state index in [-0.39, 0.29) is 56.5 Å². The predicted molar refractivity (Wildman–Crippen MR) is 192 cm³/mol. The third-order valence-corrected chi connectivity index (χ3v) is 8.16. The number of hydrogen-bond acceptors (Lipinski definition) is 15. The maximum absolute atomic E-state index is 15.4. The van der Waals surface area contributed by atoms with Gasteiger partial charge in [-0.1, -0.05) is 23.8 Å². The average molecular weight is 792 g/mol. The average Bonchev–Trinajstić information content (AvgIpc) is 3.13. The Balaban J connectivity index is 1.87. The van der Waals surface area contributed by atoms with Crippen molar-refractivity contribution in [2.24, 2.45) is 5.92 Å². The van der Waals surface area contributed by atoms with Gasteiger partial charge in [-0.15, -0.1) is 10.1 Å². The first-order chi connectivity index (χ1) is 26.4. The molecular weight excluding hydrogens is 736 g/mol. The van der Waals surface area contributed by atoms with E-state index < -0.39 is 53.4 Å². The molecule has 55 heavy (non-hydrogen) atoms. The zero-order valence-corrected chi connectivity index (χ0v) is 31.9. The largest absolute Gasteiger partial charge is 0.507 e. The molecule has 0 saturated carbocycles. The topological polar surface area (TPSA) is 190 Å². The highest BCUT2D eigenvalue weighted by atomic mass is 19.3. The molecule has 1 aliphatic rings. The molecule has 0 amide bonds. The van der Waals surface area contributed by atoms with E-state index in [1.165, 1.54) is 0 Å². The van der Waals surface area contributed by atoms with E-state index in [0.29, 0.717) is 65.9 Å². The standard InChI is InChI=1S/C37H55F2NO15/c1-27(2)30-8-7-28(3)23-31(30)35-32(41)24-29(37(38,39)36(43)53-9-5-6-10-54-40(44)45)25-33(35)55-34(42)26-52-22-21-51-20-19-50-18-17-49-16-15-48-14-13-47-12-11-46-4/h23-25,30-31,41H,1,5-22,26H2,2-4H3/t30-,31+/m0/s1. The summed E-state index contributed by atoms with van der Waals surface area (Å²) in [5, 5.41) is 20.4. The number of methoxy groups -OCH3 is 1. The van der Waals surface area contributed by atoms with Crippen molar-refractivity contribution in [1.82, 2.24) is 0 Å². The predicted octanol–water partition coefficient (Wildman–Crippen LogP) is 4.68. The van der Waals surface area contributed by atoms with Crippen LogP contribution in [0.3, 0.4) is 0 Å². The number of rotatable bonds is 31. The van der Waals surface area contributed by atoms with Gasteiger partial charge in [-0.05, 0) is 57.6 Å². The smallest absolute Gasteiger partial charge is 0.381 e. The van der Waals surface area contributed by atoms with Crippen LogP contribution in [-0.2, 0) is 58.2 Å². The van der Waals surface area contributed by atoms with Crippen LogP contribution in [0.25, 0.3) is 0 Å². The van der Waals surface area contributed by atoms with Crippen molar-refractivity contribution in [1.29, 1.82) is 0 Å². The number of carbonyl (C=O) groups is 2. The van der Waals surface area contributed by atoms with Gasteiger partial charge in [-0.25, -0.2) is 9.59 Å². The first-order valence-electron chi connectivity index (χ1n) is 18.1. The van der Waals surface area contributed by atoms with Gasteiger partial charge >= 0.3 is 17.9 Å². The number of phenols is 1. The second kappa shape index (κ2) is 26.9. The number of halogens is 2. The number of alkyl halides is 2. The third-order valence-electron chi connectivity index (χ3n) is 8.16. The van der Waals surface area contributed by atoms with Gasteiger partial charge in [0.25, 0.3) is 5.09 Å². The lowest BCUT2D eigenvalue weighted by atomic mass is 9.73. The van der Waals surface area contributed by atoms with Crippen molar-refractivity contribution >= 4 is 11.9 Å². The number of benzene rings is 1. The molecule has 0 saturated heterocycles. The van der Waals surface area contributed by atoms with Crippen LogP contribution in [0, 0.1) is 16.0 Å². The van der Waals surface area contributed by atoms with Crippen LogP contribution >= 0.6 is 0 Å². The van der Waals surface area contributed by atoms with Crippen molar-refractivity contribution < 1.29 is 76.0 Å². The van der Waals surface area contributed by atoms with Crippen molar-refractivity contribution in [3.63, 3.8) is 0 Å². The Kier molecular flexibility index (Phi) is 23.2. The number of unbranched alkanes of at least 4 members (excludes halogenated alkanes) is 1. The van der Waals surface area contributed by atoms with Gasteiger partial charge in [0, 0.05) is 24.2 Å². The van der Waals surface area contributed by atoms with E-state index >= 15 is 8.78 Å². The maximum Gasteiger partial charge on any atom is 0.381 e. The number of carbonyl (C=O) groups excluding carboxylic acids is 2. The van der Waals surface area contributed by atoms with Crippen LogP contribution in [0.5, 0.6) is 11.5 Å². The number of esters is 2. The highest BCUT2D eigenvalue weighted by molar-refractivity contribution is 5.80. The van der Waals surface area contributed by atoms with E-state index in [9.17, 15) is 24.8 Å². The summed E-state index contributed by atoms with van der Waals surface area (Å²) >= 11 is 0. The minimum Gasteiger partial charge on any atom is -0.507 e. The number of hydrogen-bond donors (Lipinski definition) is 1. The molecule has 16 nitrogen and oxygen atoms in total. The van der Waals surface area contributed by atoms with Crippen LogP contribution in [0.1, 0.15) is 56.6 Å². The van der Waals surface area contributed by atoms with E-state index in [1.807, 2.05) is 19.9 Å².